The Morgan fingerprint density at radius 1 is 1.15 bits per heavy atom. The van der Waals surface area contributed by atoms with E-state index in [-0.39, 0.29) is 48.0 Å². The Morgan fingerprint density at radius 2 is 1.75 bits per heavy atom. The molecule has 0 spiro atoms. The lowest BCUT2D eigenvalue weighted by molar-refractivity contribution is 0.0694. The van der Waals surface area contributed by atoms with Crippen LogP contribution in [0.3, 0.4) is 0 Å². The molecule has 7 N–H and O–H groups in total. The Balaban J connectivity index is 1.74. The highest BCUT2D eigenvalue weighted by Gasteiger charge is 2.48. The fourth-order valence-corrected chi connectivity index (χ4v) is 6.78. The van der Waals surface area contributed by atoms with Gasteiger partial charge in [-0.25, -0.2) is 14.0 Å². The van der Waals surface area contributed by atoms with Crippen molar-refractivity contribution in [3.05, 3.63) is 27.8 Å². The van der Waals surface area contributed by atoms with E-state index in [9.17, 15) is 48.2 Å². The second kappa shape index (κ2) is 10.3. The first-order chi connectivity index (χ1) is 18.5. The van der Waals surface area contributed by atoms with Crippen molar-refractivity contribution in [2.45, 2.75) is 37.4 Å². The van der Waals surface area contributed by atoms with E-state index in [0.29, 0.717) is 12.8 Å². The van der Waals surface area contributed by atoms with Gasteiger partial charge in [0, 0.05) is 37.9 Å². The molecule has 2 fully saturated rings. The van der Waals surface area contributed by atoms with Crippen LogP contribution < -0.4 is 20.8 Å². The third kappa shape index (κ3) is 5.28. The van der Waals surface area contributed by atoms with Crippen LogP contribution >= 0.6 is 15.2 Å². The number of anilines is 2. The number of carboxylic acid groups (broad SMARTS) is 1. The van der Waals surface area contributed by atoms with Gasteiger partial charge in [-0.3, -0.25) is 13.9 Å². The highest BCUT2D eigenvalue weighted by Crippen LogP contribution is 2.60. The Bertz CT molecular complexity index is 1530. The highest BCUT2D eigenvalue weighted by atomic mass is 31.2. The van der Waals surface area contributed by atoms with E-state index in [1.807, 2.05) is 0 Å². The fourth-order valence-electron chi connectivity index (χ4n) is 4.76. The molecule has 1 amide bonds. The van der Waals surface area contributed by atoms with E-state index < -0.39 is 61.4 Å². The molecule has 19 heteroatoms. The highest BCUT2D eigenvalue weighted by molar-refractivity contribution is 7.70. The number of carbonyl (C=O) groups is 2. The van der Waals surface area contributed by atoms with E-state index >= 15 is 4.39 Å². The largest absolute Gasteiger partial charge is 0.492 e. The quantitative estimate of drug-likeness (QED) is 0.190. The molecule has 1 saturated heterocycles. The van der Waals surface area contributed by atoms with Gasteiger partial charge in [0.2, 0.25) is 5.43 Å². The second-order valence-corrected chi connectivity index (χ2v) is 13.2. The van der Waals surface area contributed by atoms with Crippen molar-refractivity contribution in [2.24, 2.45) is 0 Å². The third-order valence-corrected chi connectivity index (χ3v) is 9.88. The van der Waals surface area contributed by atoms with Crippen molar-refractivity contribution >= 4 is 49.5 Å². The topological polar surface area (TPSA) is 242 Å². The van der Waals surface area contributed by atoms with Gasteiger partial charge in [0.1, 0.15) is 11.3 Å². The number of halogens is 1. The molecule has 1 saturated carbocycles. The average Bonchev–Trinajstić information content (AvgIpc) is 3.68. The van der Waals surface area contributed by atoms with Crippen LogP contribution in [0.25, 0.3) is 10.9 Å². The Kier molecular flexibility index (Phi) is 7.69. The minimum absolute atomic E-state index is 0.0890. The average molecular weight is 608 g/mol. The molecular weight excluding hydrogens is 581 g/mol. The molecule has 16 nitrogen and oxygen atoms in total. The maximum absolute atomic E-state index is 15.8. The number of rotatable bonds is 7. The first-order valence-corrected chi connectivity index (χ1v) is 15.1. The van der Waals surface area contributed by atoms with Gasteiger partial charge in [0.05, 0.1) is 23.7 Å². The van der Waals surface area contributed by atoms with E-state index in [2.05, 4.69) is 4.74 Å². The smallest absolute Gasteiger partial charge is 0.411 e. The van der Waals surface area contributed by atoms with Crippen LogP contribution in [0.15, 0.2) is 11.0 Å². The zero-order valence-electron chi connectivity index (χ0n) is 21.1. The summed E-state index contributed by atoms with van der Waals surface area (Å²) in [6.45, 7) is 1.01. The van der Waals surface area contributed by atoms with Crippen molar-refractivity contribution in [2.75, 3.05) is 37.4 Å². The van der Waals surface area contributed by atoms with Gasteiger partial charge >= 0.3 is 32.8 Å². The summed E-state index contributed by atoms with van der Waals surface area (Å²) >= 11 is 0. The number of nitrogens with two attached hydrogens (primary N) is 1. The summed E-state index contributed by atoms with van der Waals surface area (Å²) in [6.07, 6.45) is 1.12. The predicted molar refractivity (Wildman–Crippen MR) is 137 cm³/mol. The summed E-state index contributed by atoms with van der Waals surface area (Å²) < 4.78 is 50.4. The van der Waals surface area contributed by atoms with Crippen LogP contribution in [0.4, 0.5) is 20.6 Å². The molecule has 1 aromatic heterocycles. The fraction of sp³-hybridized carbons (Fsp3) is 0.476. The summed E-state index contributed by atoms with van der Waals surface area (Å²) in [5.41, 5.74) is 0.863. The van der Waals surface area contributed by atoms with Crippen LogP contribution in [-0.4, -0.2) is 84.6 Å². The summed E-state index contributed by atoms with van der Waals surface area (Å²) in [5, 5.41) is 9.18. The van der Waals surface area contributed by atoms with Crippen LogP contribution in [0.2, 0.25) is 0 Å². The third-order valence-electron chi connectivity index (χ3n) is 6.71. The number of fused-ring (bicyclic) bond motifs is 1. The molecule has 0 bridgehead atoms. The molecule has 2 heterocycles. The molecule has 220 valence electrons. The molecule has 40 heavy (non-hydrogen) atoms. The van der Waals surface area contributed by atoms with E-state index in [1.165, 1.54) is 29.7 Å². The van der Waals surface area contributed by atoms with Gasteiger partial charge in [0.25, 0.3) is 0 Å². The van der Waals surface area contributed by atoms with Crippen molar-refractivity contribution in [3.8, 4) is 5.75 Å². The molecule has 4 rings (SSSR count). The van der Waals surface area contributed by atoms with Crippen molar-refractivity contribution < 1.29 is 57.3 Å². The van der Waals surface area contributed by atoms with Crippen molar-refractivity contribution in [3.63, 3.8) is 0 Å². The Hall–Kier alpha value is -3.20. The number of hydrogen-bond donors (Lipinski definition) is 6. The standard InChI is InChI=1S/C21H27FN4O12P2/c1-9-7-24(5-6-25(9)20(30)38-21(39(31,32)33)40(34,35)36)16-13(22)14(23)12-15(18(16)37-2)26(10-3-4-10)8-11(17(12)27)19(28)29/h8-10,21H,3-7,23H2,1-2H3,(H,28,29)(H2,31,32,33)(H2,34,35,36). The Labute approximate surface area is 225 Å². The number of nitrogens with zero attached hydrogens (tertiary/aromatic N) is 3. The number of piperazine rings is 1. The minimum atomic E-state index is -5.54. The Morgan fingerprint density at radius 3 is 2.23 bits per heavy atom. The summed E-state index contributed by atoms with van der Waals surface area (Å²) in [6, 6.07) is -1.01. The number of aromatic nitrogens is 1. The molecule has 1 aliphatic heterocycles. The zero-order valence-corrected chi connectivity index (χ0v) is 22.9. The van der Waals surface area contributed by atoms with E-state index in [1.54, 1.807) is 0 Å². The number of carboxylic acids is 1. The first kappa shape index (κ1) is 29.8. The number of methoxy groups -OCH3 is 1. The number of carbonyl (C=O) groups excluding carboxylic acids is 1. The lowest BCUT2D eigenvalue weighted by Gasteiger charge is -2.41. The van der Waals surface area contributed by atoms with Gasteiger partial charge < -0.3 is 54.3 Å². The van der Waals surface area contributed by atoms with Crippen molar-refractivity contribution in [1.29, 1.82) is 0 Å². The lowest BCUT2D eigenvalue weighted by atomic mass is 10.0. The summed E-state index contributed by atoms with van der Waals surface area (Å²) in [5.74, 6) is -2.65. The van der Waals surface area contributed by atoms with E-state index in [4.69, 9.17) is 10.5 Å². The summed E-state index contributed by atoms with van der Waals surface area (Å²) in [4.78, 5) is 76.7. The first-order valence-electron chi connectivity index (χ1n) is 11.8. The van der Waals surface area contributed by atoms with E-state index in [0.717, 1.165) is 4.90 Å². The number of benzene rings is 1. The second-order valence-electron chi connectivity index (χ2n) is 9.53. The molecule has 0 radical (unpaired) electrons. The van der Waals surface area contributed by atoms with Crippen molar-refractivity contribution in [1.82, 2.24) is 9.47 Å². The van der Waals surface area contributed by atoms with Gasteiger partial charge in [-0.15, -0.1) is 0 Å². The number of hydrogen-bond acceptors (Lipinski definition) is 9. The number of ether oxygens (including phenoxy) is 2. The maximum Gasteiger partial charge on any atom is 0.411 e. The van der Waals surface area contributed by atoms with Crippen LogP contribution in [-0.2, 0) is 13.9 Å². The molecule has 2 aromatic rings. The van der Waals surface area contributed by atoms with Gasteiger partial charge in [-0.2, -0.15) is 0 Å². The maximum atomic E-state index is 15.8. The van der Waals surface area contributed by atoms with Gasteiger partial charge in [-0.1, -0.05) is 0 Å². The summed E-state index contributed by atoms with van der Waals surface area (Å²) in [7, 11) is -9.84. The normalized spacial score (nSPS) is 18.4. The van der Waals surface area contributed by atoms with Crippen LogP contribution in [0, 0.1) is 5.82 Å². The van der Waals surface area contributed by atoms with Crippen LogP contribution in [0.5, 0.6) is 5.75 Å². The zero-order chi connectivity index (χ0) is 29.9. The monoisotopic (exact) mass is 608 g/mol. The molecule has 2 aliphatic rings. The number of aromatic carboxylic acids is 1. The van der Waals surface area contributed by atoms with Gasteiger partial charge in [0.15, 0.2) is 11.6 Å². The lowest BCUT2D eigenvalue weighted by Crippen LogP contribution is -2.55. The number of nitrogen functional groups attached to an aromatic ring is 1. The SMILES string of the molecule is COc1c(N2CCN(C(=O)OC(P(=O)(O)O)P(=O)(O)O)C(C)C2)c(F)c(N)c2c(=O)c(C(=O)O)cn(C3CC3)c12. The molecule has 1 atom stereocenters. The van der Waals surface area contributed by atoms with Crippen LogP contribution in [0.1, 0.15) is 36.2 Å². The molecule has 1 aromatic carbocycles. The molecule has 1 aliphatic carbocycles. The number of amides is 1. The minimum Gasteiger partial charge on any atom is -0.492 e. The number of pyridine rings is 1. The van der Waals surface area contributed by atoms with Gasteiger partial charge in [-0.05, 0) is 19.8 Å². The molecule has 1 unspecified atom stereocenters. The predicted octanol–water partition coefficient (Wildman–Crippen LogP) is 1.05. The molecular formula is C21H27FN4O12P2.